The molecule has 2 N–H and O–H groups in total. The van der Waals surface area contributed by atoms with Crippen molar-refractivity contribution in [1.29, 1.82) is 0 Å². The van der Waals surface area contributed by atoms with Crippen LogP contribution in [0.2, 0.25) is 0 Å². The Balaban J connectivity index is 1.55. The Hall–Kier alpha value is -3.39. The number of hydroxylamine groups is 1. The van der Waals surface area contributed by atoms with Crippen LogP contribution in [-0.4, -0.2) is 35.0 Å². The van der Waals surface area contributed by atoms with E-state index >= 15 is 0 Å². The number of methoxy groups -OCH3 is 1. The van der Waals surface area contributed by atoms with Gasteiger partial charge in [0.25, 0.3) is 5.89 Å². The van der Waals surface area contributed by atoms with Crippen molar-refractivity contribution in [1.82, 2.24) is 15.6 Å². The fraction of sp³-hybridized carbons (Fsp3) is 0.286. The largest absolute Gasteiger partial charge is 0.497 e. The molecular weight excluding hydrogens is 374 g/mol. The van der Waals surface area contributed by atoms with Crippen molar-refractivity contribution in [2.75, 3.05) is 13.7 Å². The molecule has 0 radical (unpaired) electrons. The highest BCUT2D eigenvalue weighted by atomic mass is 16.5. The number of nitrogens with zero attached hydrogens (tertiary/aromatic N) is 2. The van der Waals surface area contributed by atoms with E-state index in [2.05, 4.69) is 10.1 Å². The van der Waals surface area contributed by atoms with Gasteiger partial charge >= 0.3 is 0 Å². The molecule has 0 saturated carbocycles. The van der Waals surface area contributed by atoms with E-state index in [4.69, 9.17) is 19.2 Å². The van der Waals surface area contributed by atoms with Crippen molar-refractivity contribution in [3.63, 3.8) is 0 Å². The summed E-state index contributed by atoms with van der Waals surface area (Å²) in [6.07, 6.45) is 2.65. The highest BCUT2D eigenvalue weighted by Crippen LogP contribution is 2.26. The minimum atomic E-state index is -0.368. The van der Waals surface area contributed by atoms with E-state index in [1.54, 1.807) is 12.6 Å². The number of hydrogen-bond acceptors (Lipinski definition) is 7. The first kappa shape index (κ1) is 20.3. The van der Waals surface area contributed by atoms with Crippen LogP contribution in [0.4, 0.5) is 0 Å². The summed E-state index contributed by atoms with van der Waals surface area (Å²) < 4.78 is 16.3. The predicted molar refractivity (Wildman–Crippen MR) is 106 cm³/mol. The van der Waals surface area contributed by atoms with E-state index in [-0.39, 0.29) is 5.91 Å². The van der Waals surface area contributed by atoms with Gasteiger partial charge in [0.05, 0.1) is 13.7 Å². The first-order chi connectivity index (χ1) is 14.2. The smallest absolute Gasteiger partial charge is 0.258 e. The van der Waals surface area contributed by atoms with E-state index < -0.39 is 0 Å². The molecule has 152 valence electrons. The Morgan fingerprint density at radius 1 is 1.07 bits per heavy atom. The quantitative estimate of drug-likeness (QED) is 0.304. The number of rotatable bonds is 10. The Morgan fingerprint density at radius 2 is 1.90 bits per heavy atom. The van der Waals surface area contributed by atoms with Gasteiger partial charge in [0, 0.05) is 17.5 Å². The predicted octanol–water partition coefficient (Wildman–Crippen LogP) is 3.86. The van der Waals surface area contributed by atoms with Gasteiger partial charge in [0.1, 0.15) is 11.5 Å². The van der Waals surface area contributed by atoms with Gasteiger partial charge in [-0.05, 0) is 61.7 Å². The Bertz CT molecular complexity index is 924. The number of nitrogens with one attached hydrogen (secondary N) is 1. The lowest BCUT2D eigenvalue weighted by atomic mass is 10.2. The van der Waals surface area contributed by atoms with Gasteiger partial charge in [-0.1, -0.05) is 11.2 Å². The van der Waals surface area contributed by atoms with Crippen molar-refractivity contribution >= 4 is 5.91 Å². The highest BCUT2D eigenvalue weighted by Gasteiger charge is 2.11. The topological polar surface area (TPSA) is 107 Å². The van der Waals surface area contributed by atoms with E-state index in [1.807, 2.05) is 48.5 Å². The average Bonchev–Trinajstić information content (AvgIpc) is 3.26. The molecule has 3 rings (SSSR count). The maximum atomic E-state index is 10.9. The number of carbonyl (C=O) groups is 1. The van der Waals surface area contributed by atoms with E-state index in [0.717, 1.165) is 29.7 Å². The number of hydrogen-bond donors (Lipinski definition) is 2. The van der Waals surface area contributed by atoms with Gasteiger partial charge in [-0.2, -0.15) is 4.98 Å². The number of amides is 1. The molecular formula is C21H23N3O5. The summed E-state index contributed by atoms with van der Waals surface area (Å²) >= 11 is 0. The van der Waals surface area contributed by atoms with Crippen LogP contribution in [-0.2, 0) is 4.79 Å². The SMILES string of the molecule is COc1ccc(-c2noc(-c3cccc(OCCCCCC(=O)NO)c3)n2)cc1. The summed E-state index contributed by atoms with van der Waals surface area (Å²) in [5.41, 5.74) is 3.23. The molecule has 0 unspecified atom stereocenters. The fourth-order valence-corrected chi connectivity index (χ4v) is 2.73. The van der Waals surface area contributed by atoms with Gasteiger partial charge in [-0.15, -0.1) is 0 Å². The van der Waals surface area contributed by atoms with Gasteiger partial charge < -0.3 is 14.0 Å². The molecule has 0 fully saturated rings. The molecule has 1 heterocycles. The van der Waals surface area contributed by atoms with Crippen LogP contribution in [0.25, 0.3) is 22.8 Å². The summed E-state index contributed by atoms with van der Waals surface area (Å²) in [6.45, 7) is 0.533. The van der Waals surface area contributed by atoms with Crippen LogP contribution in [0.3, 0.4) is 0 Å². The van der Waals surface area contributed by atoms with Crippen molar-refractivity contribution in [3.05, 3.63) is 48.5 Å². The molecule has 2 aromatic carbocycles. The molecule has 1 amide bonds. The molecule has 0 aliphatic carbocycles. The maximum Gasteiger partial charge on any atom is 0.258 e. The molecule has 0 aliphatic rings. The first-order valence-electron chi connectivity index (χ1n) is 9.34. The summed E-state index contributed by atoms with van der Waals surface area (Å²) in [5.74, 6) is 2.02. The maximum absolute atomic E-state index is 10.9. The monoisotopic (exact) mass is 397 g/mol. The summed E-state index contributed by atoms with van der Waals surface area (Å²) in [7, 11) is 1.62. The van der Waals surface area contributed by atoms with Crippen LogP contribution in [0.15, 0.2) is 53.1 Å². The lowest BCUT2D eigenvalue weighted by Crippen LogP contribution is -2.17. The molecule has 0 saturated heterocycles. The summed E-state index contributed by atoms with van der Waals surface area (Å²) in [4.78, 5) is 15.4. The molecule has 1 aromatic heterocycles. The molecule has 0 atom stereocenters. The van der Waals surface area contributed by atoms with Crippen LogP contribution in [0.1, 0.15) is 25.7 Å². The van der Waals surface area contributed by atoms with Crippen LogP contribution < -0.4 is 15.0 Å². The lowest BCUT2D eigenvalue weighted by molar-refractivity contribution is -0.129. The Labute approximate surface area is 168 Å². The second-order valence-electron chi connectivity index (χ2n) is 6.37. The van der Waals surface area contributed by atoms with Crippen LogP contribution >= 0.6 is 0 Å². The number of benzene rings is 2. The summed E-state index contributed by atoms with van der Waals surface area (Å²) in [6, 6.07) is 14.9. The average molecular weight is 397 g/mol. The van der Waals surface area contributed by atoms with Gasteiger partial charge in [0.15, 0.2) is 0 Å². The van der Waals surface area contributed by atoms with Crippen LogP contribution in [0, 0.1) is 0 Å². The lowest BCUT2D eigenvalue weighted by Gasteiger charge is -2.06. The summed E-state index contributed by atoms with van der Waals surface area (Å²) in [5, 5.41) is 12.5. The zero-order chi connectivity index (χ0) is 20.5. The number of carbonyl (C=O) groups excluding carboxylic acids is 1. The van der Waals surface area contributed by atoms with E-state index in [0.29, 0.717) is 36.9 Å². The molecule has 0 aliphatic heterocycles. The van der Waals surface area contributed by atoms with Crippen molar-refractivity contribution in [2.24, 2.45) is 0 Å². The minimum absolute atomic E-state index is 0.305. The van der Waals surface area contributed by atoms with Gasteiger partial charge in [-0.3, -0.25) is 10.0 Å². The third kappa shape index (κ3) is 5.79. The Kier molecular flexibility index (Phi) is 7.18. The first-order valence-corrected chi connectivity index (χ1v) is 9.34. The second-order valence-corrected chi connectivity index (χ2v) is 6.37. The zero-order valence-corrected chi connectivity index (χ0v) is 16.1. The molecule has 0 bridgehead atoms. The molecule has 3 aromatic rings. The molecule has 8 heteroatoms. The number of unbranched alkanes of at least 4 members (excludes halogenated alkanes) is 2. The standard InChI is InChI=1S/C21H23N3O5/c1-27-17-11-9-15(10-12-17)20-22-21(29-24-20)16-6-5-7-18(14-16)28-13-4-2-3-8-19(25)23-26/h5-7,9-12,14,26H,2-4,8,13H2,1H3,(H,23,25). The van der Waals surface area contributed by atoms with Crippen LogP contribution in [0.5, 0.6) is 11.5 Å². The molecule has 0 spiro atoms. The van der Waals surface area contributed by atoms with Crippen molar-refractivity contribution < 1.29 is 24.0 Å². The third-order valence-corrected chi connectivity index (χ3v) is 4.30. The zero-order valence-electron chi connectivity index (χ0n) is 16.1. The number of aromatic nitrogens is 2. The normalized spacial score (nSPS) is 10.6. The van der Waals surface area contributed by atoms with Gasteiger partial charge in [0.2, 0.25) is 11.7 Å². The van der Waals surface area contributed by atoms with E-state index in [9.17, 15) is 4.79 Å². The second kappa shape index (κ2) is 10.2. The molecule has 29 heavy (non-hydrogen) atoms. The van der Waals surface area contributed by atoms with E-state index in [1.165, 1.54) is 0 Å². The fourth-order valence-electron chi connectivity index (χ4n) is 2.73. The van der Waals surface area contributed by atoms with Crippen molar-refractivity contribution in [3.8, 4) is 34.3 Å². The Morgan fingerprint density at radius 3 is 2.66 bits per heavy atom. The minimum Gasteiger partial charge on any atom is -0.497 e. The van der Waals surface area contributed by atoms with Gasteiger partial charge in [-0.25, -0.2) is 5.48 Å². The molecule has 8 nitrogen and oxygen atoms in total. The highest BCUT2D eigenvalue weighted by molar-refractivity contribution is 5.74. The third-order valence-electron chi connectivity index (χ3n) is 4.30. The van der Waals surface area contributed by atoms with Crippen molar-refractivity contribution in [2.45, 2.75) is 25.7 Å². The number of ether oxygens (including phenoxy) is 2.